The number of nitrogens with one attached hydrogen (secondary N) is 2. The second-order valence-corrected chi connectivity index (χ2v) is 3.72. The number of hydrogen-bond donors (Lipinski definition) is 2. The smallest absolute Gasteiger partial charge is 0.453 e. The first kappa shape index (κ1) is 16.7. The summed E-state index contributed by atoms with van der Waals surface area (Å²) in [5, 5.41) is 3.65. The van der Waals surface area contributed by atoms with Crippen LogP contribution in [-0.2, 0) is 9.53 Å². The Kier molecular flexibility index (Phi) is 4.71. The minimum absolute atomic E-state index is 0.197. The number of carbonyl (C=O) groups is 2. The van der Waals surface area contributed by atoms with Gasteiger partial charge in [-0.25, -0.2) is 4.79 Å². The maximum absolute atomic E-state index is 12.7. The lowest BCUT2D eigenvalue weighted by Gasteiger charge is -2.18. The van der Waals surface area contributed by atoms with Crippen LogP contribution in [-0.4, -0.2) is 31.2 Å². The van der Waals surface area contributed by atoms with Crippen molar-refractivity contribution in [1.29, 1.82) is 0 Å². The van der Waals surface area contributed by atoms with Gasteiger partial charge >= 0.3 is 24.1 Å². The molecule has 0 aromatic heterocycles. The van der Waals surface area contributed by atoms with E-state index >= 15 is 0 Å². The first-order valence-corrected chi connectivity index (χ1v) is 5.29. The summed E-state index contributed by atoms with van der Waals surface area (Å²) in [5.41, 5.74) is -0.0956. The average Bonchev–Trinajstić information content (AvgIpc) is 2.39. The van der Waals surface area contributed by atoms with Gasteiger partial charge in [-0.15, -0.1) is 0 Å². The molecule has 21 heavy (non-hydrogen) atoms. The lowest BCUT2D eigenvalue weighted by molar-refractivity contribution is -0.267. The van der Waals surface area contributed by atoms with Crippen molar-refractivity contribution in [1.82, 2.24) is 0 Å². The zero-order valence-electron chi connectivity index (χ0n) is 10.4. The van der Waals surface area contributed by atoms with Gasteiger partial charge in [0.25, 0.3) is 0 Å². The summed E-state index contributed by atoms with van der Waals surface area (Å²) in [6.07, 6.45) is -6.78. The van der Waals surface area contributed by atoms with Crippen molar-refractivity contribution in [2.75, 3.05) is 17.7 Å². The highest BCUT2D eigenvalue weighted by molar-refractivity contribution is 5.97. The van der Waals surface area contributed by atoms with E-state index < -0.39 is 24.1 Å². The summed E-state index contributed by atoms with van der Waals surface area (Å²) in [4.78, 5) is 21.8. The van der Waals surface area contributed by atoms with E-state index in [0.29, 0.717) is 0 Å². The summed E-state index contributed by atoms with van der Waals surface area (Å²) in [6.45, 7) is 0. The van der Waals surface area contributed by atoms with E-state index in [-0.39, 0.29) is 11.4 Å². The third kappa shape index (κ3) is 4.04. The highest BCUT2D eigenvalue weighted by Gasteiger charge is 2.63. The standard InChI is InChI=1S/C11H9F5N2O3/c1-21-9(20)18-7-4-2-6(3-5-7)17-8(19)10(12,13)11(14,15)16/h2-5H,1H3,(H,17,19)(H,18,20). The van der Waals surface area contributed by atoms with Gasteiger partial charge < -0.3 is 10.1 Å². The van der Waals surface area contributed by atoms with Crippen LogP contribution in [0.4, 0.5) is 38.1 Å². The predicted octanol–water partition coefficient (Wildman–Crippen LogP) is 3.00. The Morgan fingerprint density at radius 3 is 1.76 bits per heavy atom. The Bertz CT molecular complexity index is 528. The van der Waals surface area contributed by atoms with Crippen LogP contribution in [0.3, 0.4) is 0 Å². The van der Waals surface area contributed by atoms with E-state index in [4.69, 9.17) is 0 Å². The van der Waals surface area contributed by atoms with Crippen molar-refractivity contribution in [2.45, 2.75) is 12.1 Å². The normalized spacial score (nSPS) is 11.7. The van der Waals surface area contributed by atoms with E-state index in [1.807, 2.05) is 0 Å². The first-order chi connectivity index (χ1) is 9.57. The van der Waals surface area contributed by atoms with E-state index in [1.54, 1.807) is 0 Å². The van der Waals surface area contributed by atoms with E-state index in [0.717, 1.165) is 19.2 Å². The van der Waals surface area contributed by atoms with Gasteiger partial charge in [-0.1, -0.05) is 0 Å². The molecule has 0 spiro atoms. The Morgan fingerprint density at radius 2 is 1.38 bits per heavy atom. The molecule has 5 nitrogen and oxygen atoms in total. The molecule has 0 fully saturated rings. The van der Waals surface area contributed by atoms with Crippen molar-refractivity contribution in [3.8, 4) is 0 Å². The molecule has 0 aliphatic heterocycles. The van der Waals surface area contributed by atoms with Crippen molar-refractivity contribution in [2.24, 2.45) is 0 Å². The van der Waals surface area contributed by atoms with Crippen LogP contribution < -0.4 is 10.6 Å². The summed E-state index contributed by atoms with van der Waals surface area (Å²) in [7, 11) is 1.11. The van der Waals surface area contributed by atoms with Crippen LogP contribution in [0.2, 0.25) is 0 Å². The van der Waals surface area contributed by atoms with Gasteiger partial charge in [0.1, 0.15) is 0 Å². The number of alkyl halides is 5. The second-order valence-electron chi connectivity index (χ2n) is 3.72. The van der Waals surface area contributed by atoms with Crippen molar-refractivity contribution < 1.29 is 36.3 Å². The minimum atomic E-state index is -5.98. The summed E-state index contributed by atoms with van der Waals surface area (Å²) < 4.78 is 65.6. The molecular weight excluding hydrogens is 303 g/mol. The van der Waals surface area contributed by atoms with E-state index in [9.17, 15) is 31.5 Å². The number of carbonyl (C=O) groups excluding carboxylic acids is 2. The number of amides is 2. The molecular formula is C11H9F5N2O3. The molecule has 0 aliphatic rings. The van der Waals surface area contributed by atoms with Crippen molar-refractivity contribution in [3.05, 3.63) is 24.3 Å². The largest absolute Gasteiger partial charge is 0.463 e. The molecule has 2 N–H and O–H groups in total. The molecule has 0 saturated carbocycles. The molecule has 1 aromatic carbocycles. The van der Waals surface area contributed by atoms with Gasteiger partial charge in [-0.3, -0.25) is 10.1 Å². The zero-order chi connectivity index (χ0) is 16.3. The fourth-order valence-electron chi connectivity index (χ4n) is 1.14. The molecule has 0 heterocycles. The molecule has 0 radical (unpaired) electrons. The van der Waals surface area contributed by atoms with E-state index in [1.165, 1.54) is 17.4 Å². The second kappa shape index (κ2) is 5.94. The van der Waals surface area contributed by atoms with Crippen LogP contribution >= 0.6 is 0 Å². The predicted molar refractivity (Wildman–Crippen MR) is 62.1 cm³/mol. The van der Waals surface area contributed by atoms with Crippen LogP contribution in [0.25, 0.3) is 0 Å². The number of rotatable bonds is 3. The van der Waals surface area contributed by atoms with Gasteiger partial charge in [0.2, 0.25) is 0 Å². The number of halogens is 5. The third-order valence-corrected chi connectivity index (χ3v) is 2.22. The topological polar surface area (TPSA) is 67.4 Å². The number of ether oxygens (including phenoxy) is 1. The van der Waals surface area contributed by atoms with Crippen molar-refractivity contribution in [3.63, 3.8) is 0 Å². The molecule has 0 unspecified atom stereocenters. The van der Waals surface area contributed by atoms with Gasteiger partial charge in [0.15, 0.2) is 0 Å². The molecule has 116 valence electrons. The van der Waals surface area contributed by atoms with Crippen LogP contribution in [0.1, 0.15) is 0 Å². The van der Waals surface area contributed by atoms with Crippen molar-refractivity contribution >= 4 is 23.4 Å². The fraction of sp³-hybridized carbons (Fsp3) is 0.273. The molecule has 2 amide bonds. The number of anilines is 2. The molecule has 1 aromatic rings. The molecule has 10 heteroatoms. The first-order valence-electron chi connectivity index (χ1n) is 5.29. The van der Waals surface area contributed by atoms with E-state index in [2.05, 4.69) is 10.1 Å². The Balaban J connectivity index is 2.76. The quantitative estimate of drug-likeness (QED) is 0.843. The SMILES string of the molecule is COC(=O)Nc1ccc(NC(=O)C(F)(F)C(F)(F)F)cc1. The lowest BCUT2D eigenvalue weighted by atomic mass is 10.2. The molecule has 0 bridgehead atoms. The maximum Gasteiger partial charge on any atom is 0.463 e. The number of benzene rings is 1. The highest BCUT2D eigenvalue weighted by Crippen LogP contribution is 2.36. The van der Waals surface area contributed by atoms with Gasteiger partial charge in [0, 0.05) is 11.4 Å². The van der Waals surface area contributed by atoms with Crippen LogP contribution in [0.15, 0.2) is 24.3 Å². The maximum atomic E-state index is 12.7. The average molecular weight is 312 g/mol. The van der Waals surface area contributed by atoms with Gasteiger partial charge in [0.05, 0.1) is 7.11 Å². The Morgan fingerprint density at radius 1 is 0.952 bits per heavy atom. The monoisotopic (exact) mass is 312 g/mol. The number of methoxy groups -OCH3 is 1. The number of hydrogen-bond acceptors (Lipinski definition) is 3. The highest BCUT2D eigenvalue weighted by atomic mass is 19.4. The molecule has 0 saturated heterocycles. The summed E-state index contributed by atoms with van der Waals surface area (Å²) in [5.74, 6) is -8.00. The zero-order valence-corrected chi connectivity index (χ0v) is 10.4. The van der Waals surface area contributed by atoms with Gasteiger partial charge in [-0.05, 0) is 24.3 Å². The molecule has 0 atom stereocenters. The third-order valence-electron chi connectivity index (χ3n) is 2.22. The van der Waals surface area contributed by atoms with Crippen LogP contribution in [0, 0.1) is 0 Å². The Hall–Kier alpha value is -2.39. The fourth-order valence-corrected chi connectivity index (χ4v) is 1.14. The molecule has 1 rings (SSSR count). The summed E-state index contributed by atoms with van der Waals surface area (Å²) in [6, 6.07) is 4.43. The Labute approximate surface area is 115 Å². The molecule has 0 aliphatic carbocycles. The van der Waals surface area contributed by atoms with Gasteiger partial charge in [-0.2, -0.15) is 22.0 Å². The minimum Gasteiger partial charge on any atom is -0.453 e. The lowest BCUT2D eigenvalue weighted by Crippen LogP contribution is -2.47. The summed E-state index contributed by atoms with van der Waals surface area (Å²) >= 11 is 0. The van der Waals surface area contributed by atoms with Crippen LogP contribution in [0.5, 0.6) is 0 Å².